The van der Waals surface area contributed by atoms with E-state index in [0.717, 1.165) is 37.1 Å². The van der Waals surface area contributed by atoms with Crippen LogP contribution in [0.15, 0.2) is 59.1 Å². The molecule has 0 unspecified atom stereocenters. The van der Waals surface area contributed by atoms with Gasteiger partial charge in [0, 0.05) is 30.9 Å². The van der Waals surface area contributed by atoms with Gasteiger partial charge in [0.1, 0.15) is 17.0 Å². The summed E-state index contributed by atoms with van der Waals surface area (Å²) in [6.45, 7) is 3.64. The summed E-state index contributed by atoms with van der Waals surface area (Å²) in [5.74, 6) is 0.220. The third-order valence-electron chi connectivity index (χ3n) is 5.16. The van der Waals surface area contributed by atoms with Crippen LogP contribution < -0.4 is 10.6 Å². The molecule has 0 aliphatic carbocycles. The molecule has 7 heteroatoms. The van der Waals surface area contributed by atoms with Gasteiger partial charge in [0.15, 0.2) is 0 Å². The van der Waals surface area contributed by atoms with Crippen LogP contribution in [-0.4, -0.2) is 35.1 Å². The Labute approximate surface area is 175 Å². The molecule has 7 nitrogen and oxygen atoms in total. The molecule has 1 aromatic heterocycles. The number of anilines is 1. The number of hydrogen-bond donors (Lipinski definition) is 2. The van der Waals surface area contributed by atoms with E-state index in [0.29, 0.717) is 29.2 Å². The van der Waals surface area contributed by atoms with Crippen LogP contribution in [-0.2, 0) is 6.54 Å². The fourth-order valence-corrected chi connectivity index (χ4v) is 3.59. The molecule has 2 heterocycles. The van der Waals surface area contributed by atoms with Crippen molar-refractivity contribution < 1.29 is 14.1 Å². The third-order valence-corrected chi connectivity index (χ3v) is 5.16. The topological polar surface area (TPSA) is 87.5 Å². The molecule has 3 aromatic rings. The lowest BCUT2D eigenvalue weighted by molar-refractivity contribution is 0.0950. The highest BCUT2D eigenvalue weighted by atomic mass is 16.5. The van der Waals surface area contributed by atoms with Gasteiger partial charge in [-0.15, -0.1) is 0 Å². The van der Waals surface area contributed by atoms with Crippen molar-refractivity contribution in [1.29, 1.82) is 0 Å². The molecule has 2 N–H and O–H groups in total. The molecular formula is C23H24N4O3. The van der Waals surface area contributed by atoms with Gasteiger partial charge < -0.3 is 20.1 Å². The molecule has 30 heavy (non-hydrogen) atoms. The zero-order chi connectivity index (χ0) is 20.9. The first-order valence-corrected chi connectivity index (χ1v) is 10.1. The van der Waals surface area contributed by atoms with Gasteiger partial charge >= 0.3 is 6.03 Å². The molecule has 3 amide bonds. The number of urea groups is 1. The van der Waals surface area contributed by atoms with E-state index in [4.69, 9.17) is 4.52 Å². The zero-order valence-corrected chi connectivity index (χ0v) is 16.9. The third kappa shape index (κ3) is 4.35. The molecule has 0 saturated carbocycles. The number of carbonyl (C=O) groups is 2. The van der Waals surface area contributed by atoms with Gasteiger partial charge in [-0.3, -0.25) is 4.79 Å². The van der Waals surface area contributed by atoms with Gasteiger partial charge in [0.05, 0.1) is 0 Å². The smallest absolute Gasteiger partial charge is 0.321 e. The van der Waals surface area contributed by atoms with Crippen molar-refractivity contribution >= 4 is 17.6 Å². The number of carbonyl (C=O) groups excluding carboxylic acids is 2. The second-order valence-electron chi connectivity index (χ2n) is 7.34. The summed E-state index contributed by atoms with van der Waals surface area (Å²) in [5, 5.41) is 9.91. The van der Waals surface area contributed by atoms with Gasteiger partial charge in [-0.2, -0.15) is 0 Å². The maximum Gasteiger partial charge on any atom is 0.321 e. The number of likely N-dealkylation sites (tertiary alicyclic amines) is 1. The minimum absolute atomic E-state index is 0.0821. The fraction of sp³-hybridized carbons (Fsp3) is 0.261. The Morgan fingerprint density at radius 3 is 2.60 bits per heavy atom. The highest BCUT2D eigenvalue weighted by molar-refractivity contribution is 6.00. The number of nitrogens with zero attached hydrogens (tertiary/aromatic N) is 2. The van der Waals surface area contributed by atoms with Gasteiger partial charge in [0.25, 0.3) is 5.91 Å². The summed E-state index contributed by atoms with van der Waals surface area (Å²) in [4.78, 5) is 26.9. The largest absolute Gasteiger partial charge is 0.360 e. The number of nitrogens with one attached hydrogen (secondary N) is 2. The maximum atomic E-state index is 12.8. The summed E-state index contributed by atoms with van der Waals surface area (Å²) in [6.07, 6.45) is 2.10. The number of rotatable bonds is 5. The maximum absolute atomic E-state index is 12.8. The Balaban J connectivity index is 1.42. The molecule has 1 aliphatic rings. The van der Waals surface area contributed by atoms with Gasteiger partial charge in [-0.1, -0.05) is 47.6 Å². The predicted molar refractivity (Wildman–Crippen MR) is 114 cm³/mol. The van der Waals surface area contributed by atoms with E-state index in [2.05, 4.69) is 15.8 Å². The van der Waals surface area contributed by atoms with E-state index < -0.39 is 0 Å². The Morgan fingerprint density at radius 1 is 1.07 bits per heavy atom. The van der Waals surface area contributed by atoms with Crippen molar-refractivity contribution in [1.82, 2.24) is 15.4 Å². The Kier molecular flexibility index (Phi) is 5.79. The zero-order valence-electron chi connectivity index (χ0n) is 16.9. The van der Waals surface area contributed by atoms with Crippen molar-refractivity contribution in [3.63, 3.8) is 0 Å². The van der Waals surface area contributed by atoms with Crippen LogP contribution in [0.3, 0.4) is 0 Å². The summed E-state index contributed by atoms with van der Waals surface area (Å²) in [5.41, 5.74) is 3.38. The number of benzene rings is 2. The van der Waals surface area contributed by atoms with Gasteiger partial charge in [-0.25, -0.2) is 4.79 Å². The van der Waals surface area contributed by atoms with E-state index in [-0.39, 0.29) is 11.9 Å². The molecular weight excluding hydrogens is 380 g/mol. The summed E-state index contributed by atoms with van der Waals surface area (Å²) >= 11 is 0. The van der Waals surface area contributed by atoms with Crippen molar-refractivity contribution in [2.45, 2.75) is 26.3 Å². The first kappa shape index (κ1) is 19.7. The molecule has 0 spiro atoms. The summed E-state index contributed by atoms with van der Waals surface area (Å²) in [7, 11) is 0. The van der Waals surface area contributed by atoms with Crippen LogP contribution in [0.4, 0.5) is 10.5 Å². The van der Waals surface area contributed by atoms with Crippen LogP contribution in [0.2, 0.25) is 0 Å². The minimum Gasteiger partial charge on any atom is -0.360 e. The van der Waals surface area contributed by atoms with Crippen LogP contribution in [0.25, 0.3) is 11.3 Å². The van der Waals surface area contributed by atoms with E-state index in [1.165, 1.54) is 0 Å². The second kappa shape index (κ2) is 8.82. The minimum atomic E-state index is -0.251. The molecule has 0 bridgehead atoms. The fourth-order valence-electron chi connectivity index (χ4n) is 3.59. The number of aryl methyl sites for hydroxylation is 1. The van der Waals surface area contributed by atoms with E-state index >= 15 is 0 Å². The first-order chi connectivity index (χ1) is 14.6. The molecule has 1 saturated heterocycles. The SMILES string of the molecule is Cc1onc(-c2ccccc2)c1C(=O)NCc1cccc(NC(=O)N2CCCC2)c1. The van der Waals surface area contributed by atoms with Gasteiger partial charge in [-0.05, 0) is 37.5 Å². The number of amides is 3. The molecule has 0 atom stereocenters. The molecule has 0 radical (unpaired) electrons. The standard InChI is InChI=1S/C23H24N4O3/c1-16-20(21(26-30-16)18-9-3-2-4-10-18)22(28)24-15-17-8-7-11-19(14-17)25-23(29)27-12-5-6-13-27/h2-4,7-11,14H,5-6,12-13,15H2,1H3,(H,24,28)(H,25,29). The lowest BCUT2D eigenvalue weighted by atomic mass is 10.1. The lowest BCUT2D eigenvalue weighted by Crippen LogP contribution is -2.32. The van der Waals surface area contributed by atoms with Crippen LogP contribution >= 0.6 is 0 Å². The Hall–Kier alpha value is -3.61. The summed E-state index contributed by atoms with van der Waals surface area (Å²) < 4.78 is 5.27. The van der Waals surface area contributed by atoms with Crippen LogP contribution in [0.5, 0.6) is 0 Å². The molecule has 4 rings (SSSR count). The van der Waals surface area contributed by atoms with Crippen LogP contribution in [0.1, 0.15) is 34.5 Å². The highest BCUT2D eigenvalue weighted by Crippen LogP contribution is 2.25. The van der Waals surface area contributed by atoms with E-state index in [9.17, 15) is 9.59 Å². The van der Waals surface area contributed by atoms with Crippen molar-refractivity contribution in [3.8, 4) is 11.3 Å². The normalized spacial score (nSPS) is 13.3. The average Bonchev–Trinajstić information content (AvgIpc) is 3.43. The Bertz CT molecular complexity index is 1040. The monoisotopic (exact) mass is 404 g/mol. The molecule has 2 aromatic carbocycles. The van der Waals surface area contributed by atoms with Crippen molar-refractivity contribution in [2.24, 2.45) is 0 Å². The van der Waals surface area contributed by atoms with E-state index in [1.54, 1.807) is 6.92 Å². The summed E-state index contributed by atoms with van der Waals surface area (Å²) in [6, 6.07) is 16.9. The molecule has 154 valence electrons. The molecule has 1 fully saturated rings. The Morgan fingerprint density at radius 2 is 1.83 bits per heavy atom. The lowest BCUT2D eigenvalue weighted by Gasteiger charge is -2.16. The van der Waals surface area contributed by atoms with Crippen LogP contribution in [0, 0.1) is 6.92 Å². The predicted octanol–water partition coefficient (Wildman–Crippen LogP) is 4.21. The number of hydrogen-bond acceptors (Lipinski definition) is 4. The average molecular weight is 404 g/mol. The first-order valence-electron chi connectivity index (χ1n) is 10.1. The highest BCUT2D eigenvalue weighted by Gasteiger charge is 2.21. The van der Waals surface area contributed by atoms with Gasteiger partial charge in [0.2, 0.25) is 0 Å². The van der Waals surface area contributed by atoms with Crippen molar-refractivity contribution in [2.75, 3.05) is 18.4 Å². The second-order valence-corrected chi connectivity index (χ2v) is 7.34. The number of aromatic nitrogens is 1. The quantitative estimate of drug-likeness (QED) is 0.667. The van der Waals surface area contributed by atoms with Crippen molar-refractivity contribution in [3.05, 3.63) is 71.5 Å². The van der Waals surface area contributed by atoms with E-state index in [1.807, 2.05) is 59.5 Å². The molecule has 1 aliphatic heterocycles.